The van der Waals surface area contributed by atoms with E-state index in [0.29, 0.717) is 6.04 Å². The largest absolute Gasteiger partial charge is 0.296 e. The van der Waals surface area contributed by atoms with Gasteiger partial charge in [0, 0.05) is 11.1 Å². The molecular weight excluding hydrogens is 266 g/mol. The summed E-state index contributed by atoms with van der Waals surface area (Å²) < 4.78 is 0. The molecule has 1 nitrogen and oxygen atoms in total. The molecular formula is C18H20ClN. The summed E-state index contributed by atoms with van der Waals surface area (Å²) in [7, 11) is 0. The Bertz CT molecular complexity index is 529. The van der Waals surface area contributed by atoms with E-state index in [0.717, 1.165) is 11.4 Å². The van der Waals surface area contributed by atoms with Crippen LogP contribution in [0.25, 0.3) is 0 Å². The van der Waals surface area contributed by atoms with Gasteiger partial charge in [-0.1, -0.05) is 54.1 Å². The van der Waals surface area contributed by atoms with Crippen LogP contribution < -0.4 is 0 Å². The SMILES string of the molecule is Clc1ccc(CC(c2ccccc2)N2CCCC2)cc1. The summed E-state index contributed by atoms with van der Waals surface area (Å²) >= 11 is 5.98. The molecule has 0 aromatic heterocycles. The molecule has 2 aromatic carbocycles. The Hall–Kier alpha value is -1.31. The fourth-order valence-corrected chi connectivity index (χ4v) is 3.16. The molecule has 1 saturated heterocycles. The van der Waals surface area contributed by atoms with Gasteiger partial charge in [-0.3, -0.25) is 4.90 Å². The second kappa shape index (κ2) is 6.43. The van der Waals surface area contributed by atoms with E-state index >= 15 is 0 Å². The van der Waals surface area contributed by atoms with Gasteiger partial charge in [0.05, 0.1) is 0 Å². The lowest BCUT2D eigenvalue weighted by atomic mass is 9.97. The Morgan fingerprint density at radius 3 is 2.20 bits per heavy atom. The molecule has 1 aliphatic rings. The van der Waals surface area contributed by atoms with E-state index in [2.05, 4.69) is 47.4 Å². The molecule has 1 aliphatic heterocycles. The number of likely N-dealkylation sites (tertiary alicyclic amines) is 1. The highest BCUT2D eigenvalue weighted by atomic mass is 35.5. The molecule has 0 aliphatic carbocycles. The van der Waals surface area contributed by atoms with Gasteiger partial charge in [0.15, 0.2) is 0 Å². The minimum Gasteiger partial charge on any atom is -0.296 e. The zero-order valence-electron chi connectivity index (χ0n) is 11.6. The summed E-state index contributed by atoms with van der Waals surface area (Å²) in [5, 5.41) is 0.811. The van der Waals surface area contributed by atoms with Crippen LogP contribution in [-0.2, 0) is 6.42 Å². The number of hydrogen-bond donors (Lipinski definition) is 0. The summed E-state index contributed by atoms with van der Waals surface area (Å²) in [5.74, 6) is 0. The molecule has 2 aromatic rings. The second-order valence-electron chi connectivity index (χ2n) is 5.50. The highest BCUT2D eigenvalue weighted by Gasteiger charge is 2.23. The van der Waals surface area contributed by atoms with Crippen molar-refractivity contribution in [1.29, 1.82) is 0 Å². The van der Waals surface area contributed by atoms with Crippen molar-refractivity contribution in [2.45, 2.75) is 25.3 Å². The van der Waals surface area contributed by atoms with Crippen molar-refractivity contribution in [2.24, 2.45) is 0 Å². The van der Waals surface area contributed by atoms with Crippen molar-refractivity contribution < 1.29 is 0 Å². The molecule has 3 rings (SSSR count). The van der Waals surface area contributed by atoms with Crippen molar-refractivity contribution in [1.82, 2.24) is 4.90 Å². The average Bonchev–Trinajstić information content (AvgIpc) is 3.01. The molecule has 20 heavy (non-hydrogen) atoms. The minimum atomic E-state index is 0.486. The first kappa shape index (κ1) is 13.7. The maximum absolute atomic E-state index is 5.98. The van der Waals surface area contributed by atoms with Gasteiger partial charge in [-0.2, -0.15) is 0 Å². The average molecular weight is 286 g/mol. The van der Waals surface area contributed by atoms with Crippen molar-refractivity contribution in [3.8, 4) is 0 Å². The number of halogens is 1. The molecule has 0 radical (unpaired) electrons. The number of nitrogens with zero attached hydrogens (tertiary/aromatic N) is 1. The molecule has 1 atom stereocenters. The lowest BCUT2D eigenvalue weighted by Crippen LogP contribution is -2.27. The van der Waals surface area contributed by atoms with Crippen LogP contribution in [0.2, 0.25) is 5.02 Å². The smallest absolute Gasteiger partial charge is 0.0406 e. The Morgan fingerprint density at radius 2 is 1.55 bits per heavy atom. The van der Waals surface area contributed by atoms with Gasteiger partial charge >= 0.3 is 0 Å². The van der Waals surface area contributed by atoms with Crippen molar-refractivity contribution in [3.63, 3.8) is 0 Å². The van der Waals surface area contributed by atoms with E-state index in [-0.39, 0.29) is 0 Å². The van der Waals surface area contributed by atoms with Crippen molar-refractivity contribution in [2.75, 3.05) is 13.1 Å². The predicted octanol–water partition coefficient (Wildman–Crippen LogP) is 4.72. The van der Waals surface area contributed by atoms with Gasteiger partial charge in [-0.05, 0) is 55.6 Å². The molecule has 1 unspecified atom stereocenters. The molecule has 0 spiro atoms. The zero-order valence-corrected chi connectivity index (χ0v) is 12.4. The Morgan fingerprint density at radius 1 is 0.900 bits per heavy atom. The number of hydrogen-bond acceptors (Lipinski definition) is 1. The lowest BCUT2D eigenvalue weighted by Gasteiger charge is -2.28. The van der Waals surface area contributed by atoms with E-state index in [1.807, 2.05) is 12.1 Å². The third-order valence-electron chi connectivity index (χ3n) is 4.11. The summed E-state index contributed by atoms with van der Waals surface area (Å²) in [5.41, 5.74) is 2.78. The number of rotatable bonds is 4. The second-order valence-corrected chi connectivity index (χ2v) is 5.94. The van der Waals surface area contributed by atoms with E-state index in [1.165, 1.54) is 37.1 Å². The third-order valence-corrected chi connectivity index (χ3v) is 4.36. The summed E-state index contributed by atoms with van der Waals surface area (Å²) in [4.78, 5) is 2.62. The molecule has 1 heterocycles. The Labute approximate surface area is 126 Å². The highest BCUT2D eigenvalue weighted by molar-refractivity contribution is 6.30. The van der Waals surface area contributed by atoms with Crippen LogP contribution in [-0.4, -0.2) is 18.0 Å². The molecule has 0 saturated carbocycles. The normalized spacial score (nSPS) is 17.2. The lowest BCUT2D eigenvalue weighted by molar-refractivity contribution is 0.244. The molecule has 0 N–H and O–H groups in total. The topological polar surface area (TPSA) is 3.24 Å². The first-order chi connectivity index (χ1) is 9.83. The van der Waals surface area contributed by atoms with Crippen LogP contribution in [0.3, 0.4) is 0 Å². The van der Waals surface area contributed by atoms with E-state index < -0.39 is 0 Å². The minimum absolute atomic E-state index is 0.486. The molecule has 104 valence electrons. The number of benzene rings is 2. The van der Waals surface area contributed by atoms with Crippen LogP contribution in [0, 0.1) is 0 Å². The van der Waals surface area contributed by atoms with E-state index in [4.69, 9.17) is 11.6 Å². The van der Waals surface area contributed by atoms with Crippen LogP contribution in [0.4, 0.5) is 0 Å². The van der Waals surface area contributed by atoms with Crippen molar-refractivity contribution in [3.05, 3.63) is 70.7 Å². The highest BCUT2D eigenvalue weighted by Crippen LogP contribution is 2.28. The molecule has 0 amide bonds. The van der Waals surface area contributed by atoms with Crippen LogP contribution in [0.1, 0.15) is 30.0 Å². The van der Waals surface area contributed by atoms with Crippen molar-refractivity contribution >= 4 is 11.6 Å². The van der Waals surface area contributed by atoms with Crippen LogP contribution in [0.5, 0.6) is 0 Å². The Kier molecular flexibility index (Phi) is 4.39. The standard InChI is InChI=1S/C18H20ClN/c19-17-10-8-15(9-11-17)14-18(20-12-4-5-13-20)16-6-2-1-3-7-16/h1-3,6-11,18H,4-5,12-14H2. The molecule has 0 bridgehead atoms. The quantitative estimate of drug-likeness (QED) is 0.786. The predicted molar refractivity (Wildman–Crippen MR) is 85.1 cm³/mol. The first-order valence-corrected chi connectivity index (χ1v) is 7.74. The van der Waals surface area contributed by atoms with Gasteiger partial charge in [0.25, 0.3) is 0 Å². The molecule has 2 heteroatoms. The fourth-order valence-electron chi connectivity index (χ4n) is 3.03. The maximum Gasteiger partial charge on any atom is 0.0406 e. The van der Waals surface area contributed by atoms with Gasteiger partial charge in [-0.25, -0.2) is 0 Å². The van der Waals surface area contributed by atoms with Gasteiger partial charge in [0.1, 0.15) is 0 Å². The van der Waals surface area contributed by atoms with Gasteiger partial charge in [-0.15, -0.1) is 0 Å². The third kappa shape index (κ3) is 3.23. The van der Waals surface area contributed by atoms with Gasteiger partial charge in [0.2, 0.25) is 0 Å². The fraction of sp³-hybridized carbons (Fsp3) is 0.333. The summed E-state index contributed by atoms with van der Waals surface area (Å²) in [6.45, 7) is 2.43. The zero-order chi connectivity index (χ0) is 13.8. The first-order valence-electron chi connectivity index (χ1n) is 7.36. The summed E-state index contributed by atoms with van der Waals surface area (Å²) in [6, 6.07) is 19.6. The van der Waals surface area contributed by atoms with E-state index in [9.17, 15) is 0 Å². The van der Waals surface area contributed by atoms with Crippen LogP contribution in [0.15, 0.2) is 54.6 Å². The maximum atomic E-state index is 5.98. The molecule has 1 fully saturated rings. The Balaban J connectivity index is 1.83. The van der Waals surface area contributed by atoms with Crippen LogP contribution >= 0.6 is 11.6 Å². The monoisotopic (exact) mass is 285 g/mol. The van der Waals surface area contributed by atoms with E-state index in [1.54, 1.807) is 0 Å². The summed E-state index contributed by atoms with van der Waals surface area (Å²) in [6.07, 6.45) is 3.70. The van der Waals surface area contributed by atoms with Gasteiger partial charge < -0.3 is 0 Å².